The Balaban J connectivity index is 1.72. The lowest BCUT2D eigenvalue weighted by molar-refractivity contribution is 0.266. The molecule has 0 fully saturated rings. The molecule has 0 aromatic carbocycles. The second-order valence-electron chi connectivity index (χ2n) is 5.62. The quantitative estimate of drug-likeness (QED) is 0.879. The van der Waals surface area contributed by atoms with Crippen LogP contribution in [-0.2, 0) is 19.5 Å². The number of aliphatic hydroxyl groups is 1. The smallest absolute Gasteiger partial charge is 0.0644 e. The van der Waals surface area contributed by atoms with Gasteiger partial charge in [0.15, 0.2) is 0 Å². The van der Waals surface area contributed by atoms with Crippen molar-refractivity contribution in [3.05, 3.63) is 47.0 Å². The normalized spacial score (nSPS) is 17.7. The molecule has 2 N–H and O–H groups in total. The molecule has 3 rings (SSSR count). The minimum atomic E-state index is 0.140. The van der Waals surface area contributed by atoms with E-state index in [2.05, 4.69) is 22.3 Å². The summed E-state index contributed by atoms with van der Waals surface area (Å²) in [6.07, 6.45) is 9.07. The number of pyridine rings is 1. The number of rotatable bonds is 5. The molecule has 0 saturated carbocycles. The molecule has 0 spiro atoms. The number of nitrogens with one attached hydrogen (secondary N) is 1. The van der Waals surface area contributed by atoms with Crippen molar-refractivity contribution < 1.29 is 5.11 Å². The summed E-state index contributed by atoms with van der Waals surface area (Å²) in [5.74, 6) is 0. The molecule has 112 valence electrons. The maximum Gasteiger partial charge on any atom is 0.0644 e. The topological polar surface area (TPSA) is 63.0 Å². The van der Waals surface area contributed by atoms with Gasteiger partial charge in [-0.2, -0.15) is 5.10 Å². The first-order valence-electron chi connectivity index (χ1n) is 7.58. The molecule has 1 aliphatic rings. The summed E-state index contributed by atoms with van der Waals surface area (Å²) < 4.78 is 1.94. The van der Waals surface area contributed by atoms with Crippen LogP contribution in [0.4, 0.5) is 0 Å². The number of aliphatic hydroxyl groups excluding tert-OH is 1. The van der Waals surface area contributed by atoms with Gasteiger partial charge in [-0.3, -0.25) is 9.67 Å². The first kappa shape index (κ1) is 14.2. The molecule has 1 unspecified atom stereocenters. The molecule has 2 aromatic rings. The van der Waals surface area contributed by atoms with Gasteiger partial charge in [0.05, 0.1) is 19.3 Å². The lowest BCUT2D eigenvalue weighted by Gasteiger charge is -2.24. The van der Waals surface area contributed by atoms with Crippen molar-refractivity contribution in [3.8, 4) is 0 Å². The van der Waals surface area contributed by atoms with Crippen LogP contribution in [0.15, 0.2) is 24.7 Å². The Morgan fingerprint density at radius 1 is 1.43 bits per heavy atom. The standard InChI is InChI=1S/C16H22N4O/c1-12-5-6-17-9-13(12)10-18-15-3-2-4-16-14(15)11-19-20(16)7-8-21/h5-6,9,11,15,18,21H,2-4,7-8,10H2,1H3. The molecule has 0 radical (unpaired) electrons. The SMILES string of the molecule is Cc1ccncc1CNC1CCCc2c1cnn2CCO. The molecule has 1 atom stereocenters. The van der Waals surface area contributed by atoms with E-state index in [0.29, 0.717) is 12.6 Å². The van der Waals surface area contributed by atoms with E-state index in [1.807, 2.05) is 29.3 Å². The van der Waals surface area contributed by atoms with Crippen LogP contribution in [0.3, 0.4) is 0 Å². The van der Waals surface area contributed by atoms with Crippen molar-refractivity contribution >= 4 is 0 Å². The highest BCUT2D eigenvalue weighted by atomic mass is 16.3. The van der Waals surface area contributed by atoms with Gasteiger partial charge < -0.3 is 10.4 Å². The van der Waals surface area contributed by atoms with Crippen LogP contribution >= 0.6 is 0 Å². The number of nitrogens with zero attached hydrogens (tertiary/aromatic N) is 3. The van der Waals surface area contributed by atoms with Crippen molar-refractivity contribution in [1.82, 2.24) is 20.1 Å². The molecule has 21 heavy (non-hydrogen) atoms. The molecule has 5 heteroatoms. The summed E-state index contributed by atoms with van der Waals surface area (Å²) >= 11 is 0. The summed E-state index contributed by atoms with van der Waals surface area (Å²) in [6.45, 7) is 3.67. The van der Waals surface area contributed by atoms with Crippen molar-refractivity contribution in [1.29, 1.82) is 0 Å². The van der Waals surface area contributed by atoms with Gasteiger partial charge in [-0.15, -0.1) is 0 Å². The number of fused-ring (bicyclic) bond motifs is 1. The fourth-order valence-electron chi connectivity index (χ4n) is 3.03. The third-order valence-corrected chi connectivity index (χ3v) is 4.26. The second kappa shape index (κ2) is 6.37. The van der Waals surface area contributed by atoms with Crippen LogP contribution in [-0.4, -0.2) is 26.5 Å². The van der Waals surface area contributed by atoms with E-state index in [0.717, 1.165) is 25.8 Å². The van der Waals surface area contributed by atoms with Crippen molar-refractivity contribution in [2.75, 3.05) is 6.61 Å². The van der Waals surface area contributed by atoms with E-state index in [1.165, 1.54) is 22.4 Å². The van der Waals surface area contributed by atoms with Crippen molar-refractivity contribution in [3.63, 3.8) is 0 Å². The van der Waals surface area contributed by atoms with E-state index in [1.54, 1.807) is 0 Å². The monoisotopic (exact) mass is 286 g/mol. The second-order valence-corrected chi connectivity index (χ2v) is 5.62. The molecule has 2 heterocycles. The van der Waals surface area contributed by atoms with E-state index in [9.17, 15) is 0 Å². The van der Waals surface area contributed by atoms with Gasteiger partial charge in [-0.1, -0.05) is 0 Å². The van der Waals surface area contributed by atoms with Gasteiger partial charge in [-0.25, -0.2) is 0 Å². The Morgan fingerprint density at radius 2 is 2.33 bits per heavy atom. The minimum absolute atomic E-state index is 0.140. The molecular formula is C16H22N4O. The van der Waals surface area contributed by atoms with Gasteiger partial charge in [0.25, 0.3) is 0 Å². The highest BCUT2D eigenvalue weighted by Gasteiger charge is 2.23. The fourth-order valence-corrected chi connectivity index (χ4v) is 3.03. The Bertz CT molecular complexity index is 608. The van der Waals surface area contributed by atoms with Gasteiger partial charge in [0, 0.05) is 36.2 Å². The maximum atomic E-state index is 9.10. The van der Waals surface area contributed by atoms with E-state index in [-0.39, 0.29) is 6.61 Å². The van der Waals surface area contributed by atoms with Crippen LogP contribution in [0.25, 0.3) is 0 Å². The molecule has 0 saturated heterocycles. The zero-order chi connectivity index (χ0) is 14.7. The van der Waals surface area contributed by atoms with Crippen molar-refractivity contribution in [2.45, 2.75) is 45.3 Å². The zero-order valence-corrected chi connectivity index (χ0v) is 12.4. The lowest BCUT2D eigenvalue weighted by atomic mass is 9.92. The first-order chi connectivity index (χ1) is 10.3. The van der Waals surface area contributed by atoms with Gasteiger partial charge >= 0.3 is 0 Å². The molecule has 1 aliphatic carbocycles. The number of aryl methyl sites for hydroxylation is 1. The zero-order valence-electron chi connectivity index (χ0n) is 12.4. The molecule has 0 amide bonds. The highest BCUT2D eigenvalue weighted by Crippen LogP contribution is 2.29. The van der Waals surface area contributed by atoms with Crippen LogP contribution in [0.2, 0.25) is 0 Å². The Morgan fingerprint density at radius 3 is 3.14 bits per heavy atom. The molecule has 2 aromatic heterocycles. The molecular weight excluding hydrogens is 264 g/mol. The molecule has 5 nitrogen and oxygen atoms in total. The summed E-state index contributed by atoms with van der Waals surface area (Å²) in [5, 5.41) is 17.2. The van der Waals surface area contributed by atoms with Crippen LogP contribution in [0.1, 0.15) is 41.3 Å². The summed E-state index contributed by atoms with van der Waals surface area (Å²) in [7, 11) is 0. The molecule has 0 aliphatic heterocycles. The largest absolute Gasteiger partial charge is 0.394 e. The number of hydrogen-bond acceptors (Lipinski definition) is 4. The Kier molecular flexibility index (Phi) is 4.31. The van der Waals surface area contributed by atoms with Crippen LogP contribution < -0.4 is 5.32 Å². The lowest BCUT2D eigenvalue weighted by Crippen LogP contribution is -2.25. The fraction of sp³-hybridized carbons (Fsp3) is 0.500. The maximum absolute atomic E-state index is 9.10. The van der Waals surface area contributed by atoms with E-state index >= 15 is 0 Å². The van der Waals surface area contributed by atoms with Crippen LogP contribution in [0, 0.1) is 6.92 Å². The number of hydrogen-bond donors (Lipinski definition) is 2. The van der Waals surface area contributed by atoms with Gasteiger partial charge in [0.1, 0.15) is 0 Å². The van der Waals surface area contributed by atoms with Gasteiger partial charge in [-0.05, 0) is 43.4 Å². The average molecular weight is 286 g/mol. The summed E-state index contributed by atoms with van der Waals surface area (Å²) in [5.41, 5.74) is 5.07. The summed E-state index contributed by atoms with van der Waals surface area (Å²) in [6, 6.07) is 2.39. The molecule has 0 bridgehead atoms. The number of aromatic nitrogens is 3. The first-order valence-corrected chi connectivity index (χ1v) is 7.58. The van der Waals surface area contributed by atoms with Crippen molar-refractivity contribution in [2.24, 2.45) is 0 Å². The van der Waals surface area contributed by atoms with Crippen LogP contribution in [0.5, 0.6) is 0 Å². The predicted molar refractivity (Wildman–Crippen MR) is 80.8 cm³/mol. The summed E-state index contributed by atoms with van der Waals surface area (Å²) in [4.78, 5) is 4.20. The highest BCUT2D eigenvalue weighted by molar-refractivity contribution is 5.26. The Labute approximate surface area is 125 Å². The Hall–Kier alpha value is -1.72. The van der Waals surface area contributed by atoms with E-state index in [4.69, 9.17) is 5.11 Å². The minimum Gasteiger partial charge on any atom is -0.394 e. The van der Waals surface area contributed by atoms with Gasteiger partial charge in [0.2, 0.25) is 0 Å². The predicted octanol–water partition coefficient (Wildman–Crippen LogP) is 1.75. The van der Waals surface area contributed by atoms with E-state index < -0.39 is 0 Å². The third-order valence-electron chi connectivity index (χ3n) is 4.26. The third kappa shape index (κ3) is 2.99. The average Bonchev–Trinajstić information content (AvgIpc) is 2.91.